The molecule has 2 atom stereocenters. The van der Waals surface area contributed by atoms with Crippen molar-refractivity contribution in [3.8, 4) is 17.2 Å². The highest BCUT2D eigenvalue weighted by Gasteiger charge is 2.50. The quantitative estimate of drug-likeness (QED) is 0.676. The number of ether oxygens (including phenoxy) is 3. The Labute approximate surface area is 181 Å². The SMILES string of the molecule is COc1cccc([C@]2(C)NC(=O)N(C[NH+]3CCc4cc(OC)c(OC)cc4C3)C2=O)c1. The minimum absolute atomic E-state index is 0.253. The van der Waals surface area contributed by atoms with Gasteiger partial charge >= 0.3 is 6.03 Å². The summed E-state index contributed by atoms with van der Waals surface area (Å²) in [6, 6.07) is 10.9. The molecule has 0 bridgehead atoms. The lowest BCUT2D eigenvalue weighted by Gasteiger charge is -2.29. The Kier molecular flexibility index (Phi) is 5.49. The van der Waals surface area contributed by atoms with E-state index in [1.165, 1.54) is 10.5 Å². The second kappa shape index (κ2) is 8.11. The van der Waals surface area contributed by atoms with Crippen molar-refractivity contribution < 1.29 is 28.7 Å². The molecule has 8 nitrogen and oxygen atoms in total. The van der Waals surface area contributed by atoms with Gasteiger partial charge in [0.05, 0.1) is 27.9 Å². The zero-order chi connectivity index (χ0) is 22.2. The van der Waals surface area contributed by atoms with Crippen molar-refractivity contribution in [3.05, 3.63) is 53.1 Å². The number of hydrogen-bond acceptors (Lipinski definition) is 5. The van der Waals surface area contributed by atoms with Gasteiger partial charge in [-0.3, -0.25) is 4.79 Å². The van der Waals surface area contributed by atoms with Gasteiger partial charge in [-0.1, -0.05) is 12.1 Å². The zero-order valence-electron chi connectivity index (χ0n) is 18.3. The summed E-state index contributed by atoms with van der Waals surface area (Å²) in [4.78, 5) is 28.5. The summed E-state index contributed by atoms with van der Waals surface area (Å²) >= 11 is 0. The first kappa shape index (κ1) is 21.0. The molecule has 8 heteroatoms. The molecule has 0 aliphatic carbocycles. The van der Waals surface area contributed by atoms with Crippen LogP contribution in [0.1, 0.15) is 23.6 Å². The number of urea groups is 1. The van der Waals surface area contributed by atoms with Crippen LogP contribution in [-0.2, 0) is 23.3 Å². The van der Waals surface area contributed by atoms with Crippen molar-refractivity contribution in [2.45, 2.75) is 25.4 Å². The van der Waals surface area contributed by atoms with Gasteiger partial charge in [0.25, 0.3) is 5.91 Å². The molecule has 4 rings (SSSR count). The fourth-order valence-corrected chi connectivity index (χ4v) is 4.36. The molecule has 164 valence electrons. The van der Waals surface area contributed by atoms with E-state index < -0.39 is 5.54 Å². The predicted octanol–water partition coefficient (Wildman–Crippen LogP) is 1.08. The summed E-state index contributed by atoms with van der Waals surface area (Å²) in [6.07, 6.45) is 0.835. The molecular weight excluding hydrogens is 398 g/mol. The van der Waals surface area contributed by atoms with Crippen LogP contribution in [0.25, 0.3) is 0 Å². The Morgan fingerprint density at radius 2 is 1.74 bits per heavy atom. The summed E-state index contributed by atoms with van der Waals surface area (Å²) < 4.78 is 16.1. The molecule has 2 aromatic rings. The van der Waals surface area contributed by atoms with E-state index >= 15 is 0 Å². The summed E-state index contributed by atoms with van der Waals surface area (Å²) in [5.74, 6) is 1.79. The van der Waals surface area contributed by atoms with E-state index in [0.29, 0.717) is 36.0 Å². The van der Waals surface area contributed by atoms with E-state index in [-0.39, 0.29) is 11.9 Å². The molecule has 2 N–H and O–H groups in total. The molecule has 3 amide bonds. The van der Waals surface area contributed by atoms with Gasteiger partial charge in [0, 0.05) is 12.0 Å². The van der Waals surface area contributed by atoms with E-state index in [2.05, 4.69) is 5.32 Å². The average Bonchev–Trinajstić information content (AvgIpc) is 3.01. The van der Waals surface area contributed by atoms with E-state index in [1.807, 2.05) is 30.3 Å². The predicted molar refractivity (Wildman–Crippen MR) is 113 cm³/mol. The molecule has 2 heterocycles. The smallest absolute Gasteiger partial charge is 0.329 e. The average molecular weight is 426 g/mol. The largest absolute Gasteiger partial charge is 0.497 e. The number of quaternary nitrogens is 1. The van der Waals surface area contributed by atoms with Crippen molar-refractivity contribution in [1.29, 1.82) is 0 Å². The first-order chi connectivity index (χ1) is 14.9. The van der Waals surface area contributed by atoms with Gasteiger partial charge in [-0.2, -0.15) is 0 Å². The molecule has 0 radical (unpaired) electrons. The number of fused-ring (bicyclic) bond motifs is 1. The number of imide groups is 1. The molecule has 0 spiro atoms. The van der Waals surface area contributed by atoms with Gasteiger partial charge in [0.15, 0.2) is 18.2 Å². The van der Waals surface area contributed by atoms with Crippen molar-refractivity contribution in [1.82, 2.24) is 10.2 Å². The molecular formula is C23H28N3O5+. The summed E-state index contributed by atoms with van der Waals surface area (Å²) in [5, 5.41) is 2.87. The maximum absolute atomic E-state index is 13.3. The third-order valence-electron chi connectivity index (χ3n) is 6.20. The molecule has 2 aliphatic rings. The highest BCUT2D eigenvalue weighted by Crippen LogP contribution is 2.32. The number of hydrogen-bond donors (Lipinski definition) is 2. The van der Waals surface area contributed by atoms with Crippen LogP contribution in [-0.4, -0.2) is 51.4 Å². The Morgan fingerprint density at radius 1 is 1.03 bits per heavy atom. The molecule has 2 aliphatic heterocycles. The van der Waals surface area contributed by atoms with Crippen LogP contribution in [0.3, 0.4) is 0 Å². The third kappa shape index (κ3) is 3.67. The zero-order valence-corrected chi connectivity index (χ0v) is 18.3. The van der Waals surface area contributed by atoms with Crippen molar-refractivity contribution in [3.63, 3.8) is 0 Å². The van der Waals surface area contributed by atoms with E-state index in [1.54, 1.807) is 34.3 Å². The number of benzene rings is 2. The Balaban J connectivity index is 1.52. The topological polar surface area (TPSA) is 81.5 Å². The van der Waals surface area contributed by atoms with Gasteiger partial charge in [0.1, 0.15) is 17.8 Å². The number of carbonyl (C=O) groups excluding carboxylic acids is 2. The van der Waals surface area contributed by atoms with Gasteiger partial charge in [-0.05, 0) is 42.3 Å². The molecule has 31 heavy (non-hydrogen) atoms. The van der Waals surface area contributed by atoms with E-state index in [0.717, 1.165) is 23.4 Å². The Bertz CT molecular complexity index is 1020. The second-order valence-corrected chi connectivity index (χ2v) is 8.08. The number of amides is 3. The van der Waals surface area contributed by atoms with E-state index in [9.17, 15) is 9.59 Å². The maximum Gasteiger partial charge on any atom is 0.329 e. The minimum Gasteiger partial charge on any atom is -0.497 e. The molecule has 2 aromatic carbocycles. The van der Waals surface area contributed by atoms with Gasteiger partial charge in [-0.25, -0.2) is 9.69 Å². The highest BCUT2D eigenvalue weighted by atomic mass is 16.5. The third-order valence-corrected chi connectivity index (χ3v) is 6.20. The fraction of sp³-hybridized carbons (Fsp3) is 0.391. The lowest BCUT2D eigenvalue weighted by atomic mass is 9.92. The number of carbonyl (C=O) groups is 2. The number of nitrogens with zero attached hydrogens (tertiary/aromatic N) is 1. The maximum atomic E-state index is 13.3. The Morgan fingerprint density at radius 3 is 2.42 bits per heavy atom. The van der Waals surface area contributed by atoms with Crippen LogP contribution in [0.5, 0.6) is 17.2 Å². The summed E-state index contributed by atoms with van der Waals surface area (Å²) in [6.45, 7) is 3.55. The van der Waals surface area contributed by atoms with Crippen LogP contribution in [0.4, 0.5) is 4.79 Å². The first-order valence-corrected chi connectivity index (χ1v) is 10.3. The summed E-state index contributed by atoms with van der Waals surface area (Å²) in [7, 11) is 4.82. The standard InChI is InChI=1S/C23H27N3O5/c1-23(17-6-5-7-18(12-17)29-2)21(27)26(22(28)24-23)14-25-9-8-15-10-19(30-3)20(31-4)11-16(15)13-25/h5-7,10-12H,8-9,13-14H2,1-4H3,(H,24,28)/p+1/t23-/m0/s1. The van der Waals surface area contributed by atoms with Crippen molar-refractivity contribution in [2.24, 2.45) is 0 Å². The number of methoxy groups -OCH3 is 3. The van der Waals surface area contributed by atoms with Gasteiger partial charge < -0.3 is 24.4 Å². The van der Waals surface area contributed by atoms with Crippen molar-refractivity contribution >= 4 is 11.9 Å². The highest BCUT2D eigenvalue weighted by molar-refractivity contribution is 6.07. The van der Waals surface area contributed by atoms with Gasteiger partial charge in [0.2, 0.25) is 0 Å². The second-order valence-electron chi connectivity index (χ2n) is 8.08. The lowest BCUT2D eigenvalue weighted by Crippen LogP contribution is -3.13. The van der Waals surface area contributed by atoms with Gasteiger partial charge in [-0.15, -0.1) is 0 Å². The molecule has 0 aromatic heterocycles. The summed E-state index contributed by atoms with van der Waals surface area (Å²) in [5.41, 5.74) is 1.93. The Hall–Kier alpha value is -3.26. The normalized spacial score (nSPS) is 22.7. The van der Waals surface area contributed by atoms with Crippen LogP contribution in [0.15, 0.2) is 36.4 Å². The fourth-order valence-electron chi connectivity index (χ4n) is 4.36. The van der Waals surface area contributed by atoms with E-state index in [4.69, 9.17) is 14.2 Å². The van der Waals surface area contributed by atoms with Crippen LogP contribution >= 0.6 is 0 Å². The minimum atomic E-state index is -1.12. The molecule has 1 saturated heterocycles. The molecule has 1 unspecified atom stereocenters. The molecule has 1 fully saturated rings. The van der Waals surface area contributed by atoms with Crippen LogP contribution < -0.4 is 24.4 Å². The van der Waals surface area contributed by atoms with Crippen LogP contribution in [0, 0.1) is 0 Å². The number of nitrogens with one attached hydrogen (secondary N) is 2. The lowest BCUT2D eigenvalue weighted by molar-refractivity contribution is -0.923. The monoisotopic (exact) mass is 426 g/mol. The number of rotatable bonds is 6. The van der Waals surface area contributed by atoms with Crippen molar-refractivity contribution in [2.75, 3.05) is 34.5 Å². The first-order valence-electron chi connectivity index (χ1n) is 10.3. The van der Waals surface area contributed by atoms with Crippen LogP contribution in [0.2, 0.25) is 0 Å². The molecule has 0 saturated carbocycles.